The van der Waals surface area contributed by atoms with Gasteiger partial charge in [-0.25, -0.2) is 0 Å². The second-order valence-corrected chi connectivity index (χ2v) is 5.75. The van der Waals surface area contributed by atoms with Gasteiger partial charge >= 0.3 is 0 Å². The first-order valence-corrected chi connectivity index (χ1v) is 6.94. The molecule has 0 saturated carbocycles. The fourth-order valence-corrected chi connectivity index (χ4v) is 2.18. The molecule has 1 atom stereocenters. The number of hydrogen-bond acceptors (Lipinski definition) is 1. The Balaban J connectivity index is 2.91. The van der Waals surface area contributed by atoms with Crippen LogP contribution in [0, 0.1) is 5.41 Å². The van der Waals surface area contributed by atoms with Crippen LogP contribution in [-0.2, 0) is 4.79 Å². The maximum absolute atomic E-state index is 11.8. The summed E-state index contributed by atoms with van der Waals surface area (Å²) in [6, 6.07) is 0. The smallest absolute Gasteiger partial charge is 0.139 e. The maximum Gasteiger partial charge on any atom is 0.139 e. The number of allylic oxidation sites excluding steroid dienone is 6. The number of ketones is 1. The Morgan fingerprint density at radius 1 is 1.17 bits per heavy atom. The predicted octanol–water partition coefficient (Wildman–Crippen LogP) is 4.99. The van der Waals surface area contributed by atoms with E-state index in [1.165, 1.54) is 11.1 Å². The number of hydrogen-bond donors (Lipinski definition) is 0. The minimum Gasteiger partial charge on any atom is -0.299 e. The van der Waals surface area contributed by atoms with Gasteiger partial charge in [-0.2, -0.15) is 0 Å². The molecule has 0 saturated heterocycles. The Morgan fingerprint density at radius 2 is 1.83 bits per heavy atom. The van der Waals surface area contributed by atoms with Crippen LogP contribution in [0.5, 0.6) is 0 Å². The fraction of sp³-hybridized carbons (Fsp3) is 0.588. The topological polar surface area (TPSA) is 17.1 Å². The van der Waals surface area contributed by atoms with Crippen molar-refractivity contribution < 1.29 is 4.79 Å². The third kappa shape index (κ3) is 4.64. The van der Waals surface area contributed by atoms with Crippen LogP contribution in [0.2, 0.25) is 0 Å². The van der Waals surface area contributed by atoms with Gasteiger partial charge < -0.3 is 0 Å². The predicted molar refractivity (Wildman–Crippen MR) is 78.5 cm³/mol. The number of carbonyl (C=O) groups is 1. The summed E-state index contributed by atoms with van der Waals surface area (Å²) in [6.07, 6.45) is 14.0. The van der Waals surface area contributed by atoms with E-state index in [1.54, 1.807) is 6.92 Å². The van der Waals surface area contributed by atoms with Crippen molar-refractivity contribution in [2.24, 2.45) is 5.41 Å². The molecule has 0 aromatic heterocycles. The lowest BCUT2D eigenvalue weighted by Gasteiger charge is -2.23. The van der Waals surface area contributed by atoms with Crippen molar-refractivity contribution >= 4 is 5.78 Å². The quantitative estimate of drug-likeness (QED) is 0.595. The van der Waals surface area contributed by atoms with E-state index in [0.29, 0.717) is 0 Å². The van der Waals surface area contributed by atoms with Gasteiger partial charge in [0.2, 0.25) is 0 Å². The van der Waals surface area contributed by atoms with Gasteiger partial charge in [0.25, 0.3) is 0 Å². The van der Waals surface area contributed by atoms with Gasteiger partial charge in [-0.1, -0.05) is 35.5 Å². The molecule has 0 heterocycles. The highest BCUT2D eigenvalue weighted by Gasteiger charge is 2.25. The molecule has 0 aliphatic heterocycles. The average molecular weight is 246 g/mol. The number of Topliss-reactive ketones (excluding diaryl/α,β-unsaturated/α-hetero) is 1. The molecule has 0 aromatic rings. The first-order chi connectivity index (χ1) is 8.44. The molecule has 0 aromatic carbocycles. The van der Waals surface area contributed by atoms with Gasteiger partial charge in [0.1, 0.15) is 5.78 Å². The molecule has 1 heteroatoms. The van der Waals surface area contributed by atoms with Crippen molar-refractivity contribution in [2.45, 2.75) is 59.8 Å². The van der Waals surface area contributed by atoms with Crippen LogP contribution >= 0.6 is 0 Å². The normalized spacial score (nSPS) is 34.2. The number of carbonyl (C=O) groups excluding carboxylic acids is 1. The average Bonchev–Trinajstić information content (AvgIpc) is 2.30. The summed E-state index contributed by atoms with van der Waals surface area (Å²) < 4.78 is 0. The van der Waals surface area contributed by atoms with Crippen LogP contribution in [0.15, 0.2) is 35.5 Å². The molecule has 0 radical (unpaired) electrons. The maximum atomic E-state index is 11.8. The van der Waals surface area contributed by atoms with Gasteiger partial charge in [0.05, 0.1) is 0 Å². The summed E-state index contributed by atoms with van der Waals surface area (Å²) in [5, 5.41) is 0. The van der Waals surface area contributed by atoms with Crippen LogP contribution in [-0.4, -0.2) is 5.78 Å². The van der Waals surface area contributed by atoms with E-state index in [0.717, 1.165) is 32.1 Å². The van der Waals surface area contributed by atoms with Crippen LogP contribution in [0.1, 0.15) is 59.8 Å². The summed E-state index contributed by atoms with van der Waals surface area (Å²) in [5.74, 6) is 0.268. The summed E-state index contributed by atoms with van der Waals surface area (Å²) in [6.45, 7) is 8.12. The molecular weight excluding hydrogens is 220 g/mol. The third-order valence-electron chi connectivity index (χ3n) is 3.96. The molecule has 1 nitrogen and oxygen atoms in total. The van der Waals surface area contributed by atoms with Crippen molar-refractivity contribution in [3.8, 4) is 0 Å². The second kappa shape index (κ2) is 6.72. The SMILES string of the molecule is CC(=O)C1(C)/C=C/C/C=C(/C)CC/C=C(/C)CC1. The van der Waals surface area contributed by atoms with Gasteiger partial charge in [-0.15, -0.1) is 0 Å². The van der Waals surface area contributed by atoms with E-state index < -0.39 is 0 Å². The van der Waals surface area contributed by atoms with E-state index >= 15 is 0 Å². The van der Waals surface area contributed by atoms with Crippen LogP contribution < -0.4 is 0 Å². The highest BCUT2D eigenvalue weighted by atomic mass is 16.1. The Kier molecular flexibility index (Phi) is 5.58. The summed E-state index contributed by atoms with van der Waals surface area (Å²) in [7, 11) is 0. The summed E-state index contributed by atoms with van der Waals surface area (Å²) in [5.41, 5.74) is 2.55. The zero-order valence-electron chi connectivity index (χ0n) is 12.3. The van der Waals surface area contributed by atoms with Crippen LogP contribution in [0.3, 0.4) is 0 Å². The lowest BCUT2D eigenvalue weighted by atomic mass is 9.80. The zero-order chi connectivity index (χ0) is 13.6. The molecule has 100 valence electrons. The van der Waals surface area contributed by atoms with Crippen molar-refractivity contribution in [3.63, 3.8) is 0 Å². The molecule has 18 heavy (non-hydrogen) atoms. The first-order valence-electron chi connectivity index (χ1n) is 6.94. The molecule has 0 bridgehead atoms. The molecule has 0 spiro atoms. The molecule has 1 rings (SSSR count). The van der Waals surface area contributed by atoms with Gasteiger partial charge in [0, 0.05) is 5.41 Å². The Morgan fingerprint density at radius 3 is 2.50 bits per heavy atom. The molecule has 0 fully saturated rings. The lowest BCUT2D eigenvalue weighted by molar-refractivity contribution is -0.123. The van der Waals surface area contributed by atoms with E-state index in [9.17, 15) is 4.79 Å². The highest BCUT2D eigenvalue weighted by Crippen LogP contribution is 2.29. The van der Waals surface area contributed by atoms with Gasteiger partial charge in [-0.05, 0) is 59.8 Å². The Bertz CT molecular complexity index is 384. The molecule has 1 aliphatic rings. The summed E-state index contributed by atoms with van der Waals surface area (Å²) in [4.78, 5) is 11.8. The van der Waals surface area contributed by atoms with Crippen molar-refractivity contribution in [1.82, 2.24) is 0 Å². The minimum atomic E-state index is -0.296. The zero-order valence-corrected chi connectivity index (χ0v) is 12.3. The van der Waals surface area contributed by atoms with E-state index in [-0.39, 0.29) is 11.2 Å². The van der Waals surface area contributed by atoms with Crippen molar-refractivity contribution in [1.29, 1.82) is 0 Å². The Labute approximate surface area is 112 Å². The minimum absolute atomic E-state index is 0.268. The second-order valence-electron chi connectivity index (χ2n) is 5.75. The molecule has 1 unspecified atom stereocenters. The third-order valence-corrected chi connectivity index (χ3v) is 3.96. The van der Waals surface area contributed by atoms with Gasteiger partial charge in [-0.3, -0.25) is 4.79 Å². The summed E-state index contributed by atoms with van der Waals surface area (Å²) >= 11 is 0. The number of rotatable bonds is 1. The largest absolute Gasteiger partial charge is 0.299 e. The van der Waals surface area contributed by atoms with Crippen LogP contribution in [0.4, 0.5) is 0 Å². The first kappa shape index (κ1) is 14.9. The van der Waals surface area contributed by atoms with E-state index in [4.69, 9.17) is 0 Å². The van der Waals surface area contributed by atoms with Crippen LogP contribution in [0.25, 0.3) is 0 Å². The highest BCUT2D eigenvalue weighted by molar-refractivity contribution is 5.83. The standard InChI is InChI=1S/C17H26O/c1-14-8-5-6-12-17(4,16(3)18)13-11-15(2)10-7-9-14/h6,8,10,12H,5,7,9,11,13H2,1-4H3/b12-6+,14-8-,15-10-. The molecule has 0 N–H and O–H groups in total. The fourth-order valence-electron chi connectivity index (χ4n) is 2.18. The molecule has 1 aliphatic carbocycles. The molecule has 0 amide bonds. The lowest BCUT2D eigenvalue weighted by Crippen LogP contribution is -2.23. The van der Waals surface area contributed by atoms with Crippen molar-refractivity contribution in [2.75, 3.05) is 0 Å². The van der Waals surface area contributed by atoms with E-state index in [2.05, 4.69) is 45.1 Å². The monoisotopic (exact) mass is 246 g/mol. The van der Waals surface area contributed by atoms with E-state index in [1.807, 2.05) is 0 Å². The Hall–Kier alpha value is -1.11. The van der Waals surface area contributed by atoms with Crippen molar-refractivity contribution in [3.05, 3.63) is 35.5 Å². The van der Waals surface area contributed by atoms with Gasteiger partial charge in [0.15, 0.2) is 0 Å². The molecular formula is C17H26O.